The van der Waals surface area contributed by atoms with Crippen molar-refractivity contribution in [3.05, 3.63) is 28.5 Å². The molecule has 3 rings (SSSR count). The van der Waals surface area contributed by atoms with E-state index in [1.165, 1.54) is 6.92 Å². The van der Waals surface area contributed by atoms with Gasteiger partial charge in [-0.1, -0.05) is 0 Å². The fourth-order valence-corrected chi connectivity index (χ4v) is 3.45. The summed E-state index contributed by atoms with van der Waals surface area (Å²) < 4.78 is 5.59. The number of aromatic hydroxyl groups is 2. The lowest BCUT2D eigenvalue weighted by molar-refractivity contribution is -0.123. The molecule has 0 saturated heterocycles. The second-order valence-corrected chi connectivity index (χ2v) is 6.07. The summed E-state index contributed by atoms with van der Waals surface area (Å²) in [6, 6.07) is 0.910. The Hall–Kier alpha value is -3.03. The van der Waals surface area contributed by atoms with Crippen molar-refractivity contribution in [1.29, 1.82) is 0 Å². The Labute approximate surface area is 136 Å². The van der Waals surface area contributed by atoms with Gasteiger partial charge in [-0.3, -0.25) is 14.4 Å². The zero-order valence-electron chi connectivity index (χ0n) is 12.9. The molecule has 1 heterocycles. The lowest BCUT2D eigenvalue weighted by Gasteiger charge is -2.34. The van der Waals surface area contributed by atoms with E-state index in [2.05, 4.69) is 0 Å². The van der Waals surface area contributed by atoms with E-state index in [1.807, 2.05) is 0 Å². The first-order valence-corrected chi connectivity index (χ1v) is 7.14. The summed E-state index contributed by atoms with van der Waals surface area (Å²) in [5, 5.41) is 30.7. The number of Topliss-reactive ketones (excluding diaryl/α,β-unsaturated/α-hetero) is 2. The van der Waals surface area contributed by atoms with Crippen LogP contribution in [0.25, 0.3) is 0 Å². The number of benzene rings is 1. The van der Waals surface area contributed by atoms with Crippen molar-refractivity contribution in [2.24, 2.45) is 5.73 Å². The minimum absolute atomic E-state index is 0.00264. The van der Waals surface area contributed by atoms with E-state index in [0.29, 0.717) is 0 Å². The number of aliphatic hydroxyl groups excluding tert-OH is 1. The van der Waals surface area contributed by atoms with Crippen LogP contribution >= 0.6 is 0 Å². The number of aliphatic hydroxyl groups is 1. The summed E-state index contributed by atoms with van der Waals surface area (Å²) in [6.07, 6.45) is -1.18. The maximum Gasteiger partial charge on any atom is 0.256 e. The Morgan fingerprint density at radius 3 is 2.46 bits per heavy atom. The molecule has 126 valence electrons. The summed E-state index contributed by atoms with van der Waals surface area (Å²) in [4.78, 5) is 35.5. The molecule has 0 bridgehead atoms. The molecule has 2 atom stereocenters. The molecular formula is C16H15NO7. The van der Waals surface area contributed by atoms with Crippen LogP contribution in [0.15, 0.2) is 17.4 Å². The average Bonchev–Trinajstić information content (AvgIpc) is 2.72. The molecule has 0 aromatic heterocycles. The number of primary amides is 1. The van der Waals surface area contributed by atoms with E-state index in [4.69, 9.17) is 10.5 Å². The van der Waals surface area contributed by atoms with Gasteiger partial charge in [-0.05, 0) is 13.8 Å². The number of allylic oxidation sites excluding steroid dienone is 1. The van der Waals surface area contributed by atoms with Crippen molar-refractivity contribution >= 4 is 17.5 Å². The Kier molecular flexibility index (Phi) is 3.13. The van der Waals surface area contributed by atoms with E-state index in [1.54, 1.807) is 0 Å². The number of phenols is 2. The normalized spacial score (nSPS) is 25.1. The molecule has 24 heavy (non-hydrogen) atoms. The number of amides is 1. The van der Waals surface area contributed by atoms with Gasteiger partial charge in [-0.15, -0.1) is 0 Å². The first kappa shape index (κ1) is 15.9. The number of hydrogen-bond acceptors (Lipinski definition) is 7. The van der Waals surface area contributed by atoms with Gasteiger partial charge in [0.1, 0.15) is 34.7 Å². The number of rotatable bonds is 2. The number of carbonyl (C=O) groups excluding carboxylic acids is 3. The molecule has 1 aliphatic heterocycles. The molecule has 8 nitrogen and oxygen atoms in total. The molecule has 1 aromatic rings. The molecule has 1 amide bonds. The first-order valence-electron chi connectivity index (χ1n) is 7.14. The second kappa shape index (κ2) is 4.73. The van der Waals surface area contributed by atoms with Crippen LogP contribution in [0.3, 0.4) is 0 Å². The van der Waals surface area contributed by atoms with E-state index in [-0.39, 0.29) is 28.9 Å². The predicted molar refractivity (Wildman–Crippen MR) is 80.0 cm³/mol. The highest BCUT2D eigenvalue weighted by Gasteiger charge is 2.57. The lowest BCUT2D eigenvalue weighted by atomic mass is 9.69. The Morgan fingerprint density at radius 1 is 1.29 bits per heavy atom. The minimum atomic E-state index is -1.42. The van der Waals surface area contributed by atoms with Crippen molar-refractivity contribution in [3.8, 4) is 17.2 Å². The number of phenolic OH excluding ortho intramolecular Hbond substituents is 1. The number of ketones is 2. The maximum absolute atomic E-state index is 12.1. The van der Waals surface area contributed by atoms with Crippen molar-refractivity contribution in [2.45, 2.75) is 31.8 Å². The summed E-state index contributed by atoms with van der Waals surface area (Å²) >= 11 is 0. The zero-order valence-corrected chi connectivity index (χ0v) is 12.9. The van der Waals surface area contributed by atoms with Gasteiger partial charge in [-0.2, -0.15) is 0 Å². The topological polar surface area (TPSA) is 147 Å². The summed E-state index contributed by atoms with van der Waals surface area (Å²) in [5.74, 6) is -3.96. The predicted octanol–water partition coefficient (Wildman–Crippen LogP) is 0.589. The Morgan fingerprint density at radius 2 is 1.92 bits per heavy atom. The Bertz CT molecular complexity index is 854. The molecule has 5 N–H and O–H groups in total. The van der Waals surface area contributed by atoms with Gasteiger partial charge in [-0.25, -0.2) is 0 Å². The Balaban J connectivity index is 2.37. The molecule has 1 aliphatic carbocycles. The fraction of sp³-hybridized carbons (Fsp3) is 0.312. The van der Waals surface area contributed by atoms with Crippen molar-refractivity contribution in [1.82, 2.24) is 0 Å². The van der Waals surface area contributed by atoms with Crippen molar-refractivity contribution in [2.75, 3.05) is 0 Å². The van der Waals surface area contributed by atoms with E-state index < -0.39 is 46.3 Å². The van der Waals surface area contributed by atoms with Crippen LogP contribution in [0.4, 0.5) is 0 Å². The third-order valence-electron chi connectivity index (χ3n) is 4.64. The van der Waals surface area contributed by atoms with E-state index in [9.17, 15) is 29.7 Å². The van der Waals surface area contributed by atoms with Crippen molar-refractivity contribution < 1.29 is 34.4 Å². The number of carbonyl (C=O) groups is 3. The van der Waals surface area contributed by atoms with E-state index in [0.717, 1.165) is 13.0 Å². The molecular weight excluding hydrogens is 318 g/mol. The quantitative estimate of drug-likeness (QED) is 0.579. The van der Waals surface area contributed by atoms with Crippen LogP contribution in [0.2, 0.25) is 0 Å². The highest BCUT2D eigenvalue weighted by molar-refractivity contribution is 6.21. The van der Waals surface area contributed by atoms with Crippen molar-refractivity contribution in [3.63, 3.8) is 0 Å². The first-order chi connectivity index (χ1) is 11.1. The second-order valence-electron chi connectivity index (χ2n) is 6.07. The molecule has 8 heteroatoms. The average molecular weight is 333 g/mol. The summed E-state index contributed by atoms with van der Waals surface area (Å²) in [7, 11) is 0. The monoisotopic (exact) mass is 333 g/mol. The number of ether oxygens (including phenoxy) is 1. The van der Waals surface area contributed by atoms with Gasteiger partial charge in [0.05, 0.1) is 16.6 Å². The fourth-order valence-electron chi connectivity index (χ4n) is 3.45. The smallest absolute Gasteiger partial charge is 0.256 e. The molecule has 1 aromatic carbocycles. The summed E-state index contributed by atoms with van der Waals surface area (Å²) in [5.41, 5.74) is 3.11. The maximum atomic E-state index is 12.1. The molecule has 2 aliphatic rings. The number of nitrogens with two attached hydrogens (primary N) is 1. The molecule has 0 spiro atoms. The lowest BCUT2D eigenvalue weighted by Crippen LogP contribution is -2.44. The van der Waals surface area contributed by atoms with Crippen LogP contribution in [-0.4, -0.2) is 38.9 Å². The van der Waals surface area contributed by atoms with Gasteiger partial charge in [0.2, 0.25) is 0 Å². The minimum Gasteiger partial charge on any atom is -0.510 e. The third-order valence-corrected chi connectivity index (χ3v) is 4.64. The highest BCUT2D eigenvalue weighted by Crippen LogP contribution is 2.56. The summed E-state index contributed by atoms with van der Waals surface area (Å²) in [6.45, 7) is 2.63. The highest BCUT2D eigenvalue weighted by atomic mass is 16.5. The molecule has 1 unspecified atom stereocenters. The number of hydrogen-bond donors (Lipinski definition) is 4. The number of fused-ring (bicyclic) bond motifs is 3. The molecule has 0 saturated carbocycles. The van der Waals surface area contributed by atoms with Crippen LogP contribution in [-0.2, 0) is 15.0 Å². The zero-order chi connectivity index (χ0) is 18.0. The third kappa shape index (κ3) is 1.76. The largest absolute Gasteiger partial charge is 0.510 e. The van der Waals surface area contributed by atoms with Crippen LogP contribution in [0.1, 0.15) is 36.2 Å². The van der Waals surface area contributed by atoms with E-state index >= 15 is 0 Å². The van der Waals surface area contributed by atoms with Gasteiger partial charge in [0.25, 0.3) is 5.91 Å². The van der Waals surface area contributed by atoms with Gasteiger partial charge < -0.3 is 25.8 Å². The van der Waals surface area contributed by atoms with Crippen LogP contribution in [0, 0.1) is 0 Å². The SMILES string of the molecule is CC(=O)C1=C(O)[C@@]2(C)c3c(O)cc(O)c(C(N)=O)c3OC2CC1=O. The van der Waals surface area contributed by atoms with Crippen LogP contribution in [0.5, 0.6) is 17.2 Å². The van der Waals surface area contributed by atoms with Gasteiger partial charge in [0, 0.05) is 12.5 Å². The van der Waals surface area contributed by atoms with Gasteiger partial charge in [0.15, 0.2) is 11.6 Å². The van der Waals surface area contributed by atoms with Gasteiger partial charge >= 0.3 is 0 Å². The van der Waals surface area contributed by atoms with Crippen LogP contribution < -0.4 is 10.5 Å². The molecule has 0 fully saturated rings. The standard InChI is InChI=1S/C16H15NO7/c1-5(18)10-7(20)4-9-16(2,14(10)22)12-8(21)3-6(19)11(15(17)23)13(12)24-9/h3,9,19,21-22H,4H2,1-2H3,(H2,17,23)/t9?,16-/m1/s1. The molecule has 0 radical (unpaired) electrons.